The summed E-state index contributed by atoms with van der Waals surface area (Å²) in [6.07, 6.45) is 1.11. The molecule has 2 atom stereocenters. The number of hydrogen-bond acceptors (Lipinski definition) is 5. The Morgan fingerprint density at radius 3 is 2.94 bits per heavy atom. The van der Waals surface area contributed by atoms with Gasteiger partial charge in [-0.05, 0) is 26.2 Å². The van der Waals surface area contributed by atoms with Crippen LogP contribution in [0.3, 0.4) is 0 Å². The summed E-state index contributed by atoms with van der Waals surface area (Å²) in [5.41, 5.74) is 6.12. The summed E-state index contributed by atoms with van der Waals surface area (Å²) in [7, 11) is 0. The lowest BCUT2D eigenvalue weighted by molar-refractivity contribution is 0.324. The number of aryl methyl sites for hydroxylation is 1. The van der Waals surface area contributed by atoms with E-state index in [2.05, 4.69) is 21.8 Å². The Morgan fingerprint density at radius 1 is 1.50 bits per heavy atom. The molecule has 2 N–H and O–H groups in total. The summed E-state index contributed by atoms with van der Waals surface area (Å²) < 4.78 is 5.46. The normalized spacial score (nSPS) is 24.1. The molecule has 2 unspecified atom stereocenters. The largest absolute Gasteiger partial charge is 0.478 e. The predicted octanol–water partition coefficient (Wildman–Crippen LogP) is 1.36. The first kappa shape index (κ1) is 13.1. The van der Waals surface area contributed by atoms with Gasteiger partial charge in [0.1, 0.15) is 11.6 Å². The monoisotopic (exact) mass is 250 g/mol. The van der Waals surface area contributed by atoms with Crippen LogP contribution in [0.5, 0.6) is 5.88 Å². The number of aromatic nitrogens is 2. The molecule has 100 valence electrons. The molecule has 0 aliphatic carbocycles. The first-order valence-electron chi connectivity index (χ1n) is 6.59. The average molecular weight is 250 g/mol. The predicted molar refractivity (Wildman–Crippen MR) is 71.9 cm³/mol. The first-order chi connectivity index (χ1) is 8.60. The number of nitrogens with two attached hydrogens (primary N) is 1. The molecule has 5 nitrogen and oxygen atoms in total. The van der Waals surface area contributed by atoms with Crippen molar-refractivity contribution in [2.45, 2.75) is 33.2 Å². The van der Waals surface area contributed by atoms with Crippen LogP contribution in [0.15, 0.2) is 6.07 Å². The molecule has 0 amide bonds. The van der Waals surface area contributed by atoms with E-state index in [0.717, 1.165) is 31.2 Å². The quantitative estimate of drug-likeness (QED) is 0.877. The van der Waals surface area contributed by atoms with Crippen molar-refractivity contribution >= 4 is 5.82 Å². The van der Waals surface area contributed by atoms with Crippen LogP contribution in [0.25, 0.3) is 0 Å². The molecule has 18 heavy (non-hydrogen) atoms. The zero-order valence-electron chi connectivity index (χ0n) is 11.4. The van der Waals surface area contributed by atoms with Crippen molar-refractivity contribution < 1.29 is 4.74 Å². The van der Waals surface area contributed by atoms with E-state index in [-0.39, 0.29) is 6.04 Å². The molecular weight excluding hydrogens is 228 g/mol. The average Bonchev–Trinajstić information content (AvgIpc) is 2.32. The van der Waals surface area contributed by atoms with Crippen molar-refractivity contribution in [1.29, 1.82) is 0 Å². The van der Waals surface area contributed by atoms with Crippen LogP contribution >= 0.6 is 0 Å². The molecular formula is C13H22N4O. The summed E-state index contributed by atoms with van der Waals surface area (Å²) >= 11 is 0. The molecule has 1 fully saturated rings. The van der Waals surface area contributed by atoms with E-state index in [9.17, 15) is 0 Å². The highest BCUT2D eigenvalue weighted by Crippen LogP contribution is 2.23. The lowest BCUT2D eigenvalue weighted by Gasteiger charge is -2.35. The summed E-state index contributed by atoms with van der Waals surface area (Å²) in [5.74, 6) is 2.89. The van der Waals surface area contributed by atoms with Gasteiger partial charge in [-0.15, -0.1) is 0 Å². The van der Waals surface area contributed by atoms with Crippen LogP contribution < -0.4 is 15.4 Å². The fourth-order valence-corrected chi connectivity index (χ4v) is 2.22. The third kappa shape index (κ3) is 2.90. The first-order valence-corrected chi connectivity index (χ1v) is 6.59. The number of hydrogen-bond donors (Lipinski definition) is 1. The molecule has 1 aliphatic rings. The minimum atomic E-state index is 0.213. The van der Waals surface area contributed by atoms with Gasteiger partial charge in [0, 0.05) is 25.2 Å². The van der Waals surface area contributed by atoms with Crippen LogP contribution in [0, 0.1) is 12.8 Å². The second-order valence-corrected chi connectivity index (χ2v) is 4.92. The van der Waals surface area contributed by atoms with E-state index in [0.29, 0.717) is 18.4 Å². The molecule has 1 saturated heterocycles. The molecule has 0 saturated carbocycles. The molecule has 0 bridgehead atoms. The minimum Gasteiger partial charge on any atom is -0.478 e. The molecule has 5 heteroatoms. The highest BCUT2D eigenvalue weighted by atomic mass is 16.5. The van der Waals surface area contributed by atoms with Gasteiger partial charge in [0.15, 0.2) is 0 Å². The lowest BCUT2D eigenvalue weighted by atomic mass is 9.94. The van der Waals surface area contributed by atoms with Crippen LogP contribution in [-0.2, 0) is 0 Å². The molecule has 1 aromatic heterocycles. The molecule has 0 radical (unpaired) electrons. The smallest absolute Gasteiger partial charge is 0.218 e. The molecule has 2 heterocycles. The maximum atomic E-state index is 6.12. The Labute approximate surface area is 108 Å². The topological polar surface area (TPSA) is 64.3 Å². The highest BCUT2D eigenvalue weighted by molar-refractivity contribution is 5.42. The molecule has 0 spiro atoms. The van der Waals surface area contributed by atoms with Gasteiger partial charge >= 0.3 is 0 Å². The number of ether oxygens (including phenoxy) is 1. The Balaban J connectivity index is 2.17. The van der Waals surface area contributed by atoms with E-state index in [4.69, 9.17) is 10.5 Å². The van der Waals surface area contributed by atoms with Crippen LogP contribution in [0.2, 0.25) is 0 Å². The van der Waals surface area contributed by atoms with Gasteiger partial charge in [0.2, 0.25) is 5.88 Å². The maximum Gasteiger partial charge on any atom is 0.218 e. The number of nitrogens with zero attached hydrogens (tertiary/aromatic N) is 3. The fourth-order valence-electron chi connectivity index (χ4n) is 2.22. The Kier molecular flexibility index (Phi) is 4.01. The Hall–Kier alpha value is -1.36. The molecule has 2 rings (SSSR count). The third-order valence-corrected chi connectivity index (χ3v) is 3.43. The van der Waals surface area contributed by atoms with Gasteiger partial charge in [-0.25, -0.2) is 4.98 Å². The number of piperidine rings is 1. The van der Waals surface area contributed by atoms with Gasteiger partial charge in [0.05, 0.1) is 6.61 Å². The van der Waals surface area contributed by atoms with Gasteiger partial charge in [-0.1, -0.05) is 6.92 Å². The fraction of sp³-hybridized carbons (Fsp3) is 0.692. The Bertz CT molecular complexity index is 410. The van der Waals surface area contributed by atoms with Gasteiger partial charge in [-0.2, -0.15) is 4.98 Å². The van der Waals surface area contributed by atoms with E-state index in [1.54, 1.807) is 0 Å². The second-order valence-electron chi connectivity index (χ2n) is 4.92. The second kappa shape index (κ2) is 5.52. The van der Waals surface area contributed by atoms with Crippen molar-refractivity contribution in [3.05, 3.63) is 11.9 Å². The van der Waals surface area contributed by atoms with E-state index in [1.807, 2.05) is 19.9 Å². The molecule has 0 aromatic carbocycles. The highest BCUT2D eigenvalue weighted by Gasteiger charge is 2.24. The SMILES string of the molecule is CCOc1cc(N2CCC(C)C(N)C2)nc(C)n1. The van der Waals surface area contributed by atoms with Crippen LogP contribution in [0.1, 0.15) is 26.1 Å². The zero-order chi connectivity index (χ0) is 13.1. The maximum absolute atomic E-state index is 6.12. The minimum absolute atomic E-state index is 0.213. The summed E-state index contributed by atoms with van der Waals surface area (Å²) in [5, 5.41) is 0. The summed E-state index contributed by atoms with van der Waals surface area (Å²) in [6.45, 7) is 8.51. The molecule has 1 aliphatic heterocycles. The van der Waals surface area contributed by atoms with Crippen molar-refractivity contribution in [2.75, 3.05) is 24.6 Å². The van der Waals surface area contributed by atoms with Crippen molar-refractivity contribution in [1.82, 2.24) is 9.97 Å². The molecule has 1 aromatic rings. The van der Waals surface area contributed by atoms with E-state index >= 15 is 0 Å². The van der Waals surface area contributed by atoms with Crippen molar-refractivity contribution in [2.24, 2.45) is 11.7 Å². The van der Waals surface area contributed by atoms with Gasteiger partial charge in [0.25, 0.3) is 0 Å². The van der Waals surface area contributed by atoms with Crippen LogP contribution in [0.4, 0.5) is 5.82 Å². The number of anilines is 1. The van der Waals surface area contributed by atoms with Crippen molar-refractivity contribution in [3.63, 3.8) is 0 Å². The summed E-state index contributed by atoms with van der Waals surface area (Å²) in [4.78, 5) is 11.0. The Morgan fingerprint density at radius 2 is 2.28 bits per heavy atom. The van der Waals surface area contributed by atoms with E-state index in [1.165, 1.54) is 0 Å². The van der Waals surface area contributed by atoms with E-state index < -0.39 is 0 Å². The third-order valence-electron chi connectivity index (χ3n) is 3.43. The van der Waals surface area contributed by atoms with Crippen molar-refractivity contribution in [3.8, 4) is 5.88 Å². The van der Waals surface area contributed by atoms with Gasteiger partial charge < -0.3 is 15.4 Å². The van der Waals surface area contributed by atoms with Gasteiger partial charge in [-0.3, -0.25) is 0 Å². The number of rotatable bonds is 3. The van der Waals surface area contributed by atoms with Crippen LogP contribution in [-0.4, -0.2) is 35.7 Å². The standard InChI is InChI=1S/C13H22N4O/c1-4-18-13-7-12(15-10(3)16-13)17-6-5-9(2)11(14)8-17/h7,9,11H,4-6,8,14H2,1-3H3. The summed E-state index contributed by atoms with van der Waals surface area (Å²) in [6, 6.07) is 2.11. The zero-order valence-corrected chi connectivity index (χ0v) is 11.4. The lowest BCUT2D eigenvalue weighted by Crippen LogP contribution is -2.48.